The highest BCUT2D eigenvalue weighted by Crippen LogP contribution is 2.40. The van der Waals surface area contributed by atoms with Gasteiger partial charge in [0.15, 0.2) is 11.5 Å². The van der Waals surface area contributed by atoms with Gasteiger partial charge in [0, 0.05) is 23.0 Å². The summed E-state index contributed by atoms with van der Waals surface area (Å²) in [5.41, 5.74) is 2.64. The SMILES string of the molecule is COc1ccc([C@H]2CC(=O)Nc3c2ncn3-c2ccc(Cl)cc2)cc1OC. The van der Waals surface area contributed by atoms with Crippen molar-refractivity contribution in [3.8, 4) is 17.2 Å². The molecule has 138 valence electrons. The lowest BCUT2D eigenvalue weighted by Gasteiger charge is -2.24. The topological polar surface area (TPSA) is 65.4 Å². The van der Waals surface area contributed by atoms with Crippen molar-refractivity contribution >= 4 is 23.3 Å². The minimum atomic E-state index is -0.165. The second-order valence-corrected chi connectivity index (χ2v) is 6.68. The molecular weight excluding hydrogens is 366 g/mol. The number of ether oxygens (including phenoxy) is 2. The Morgan fingerprint density at radius 3 is 2.56 bits per heavy atom. The molecular formula is C20H18ClN3O3. The second-order valence-electron chi connectivity index (χ2n) is 6.24. The molecule has 6 nitrogen and oxygen atoms in total. The van der Waals surface area contributed by atoms with E-state index in [0.717, 1.165) is 16.9 Å². The molecule has 0 radical (unpaired) electrons. The first-order valence-corrected chi connectivity index (χ1v) is 8.83. The summed E-state index contributed by atoms with van der Waals surface area (Å²) < 4.78 is 12.6. The molecule has 0 bridgehead atoms. The number of fused-ring (bicyclic) bond motifs is 1. The van der Waals surface area contributed by atoms with Gasteiger partial charge < -0.3 is 14.8 Å². The molecule has 4 rings (SSSR count). The molecule has 1 N–H and O–H groups in total. The highest BCUT2D eigenvalue weighted by molar-refractivity contribution is 6.30. The van der Waals surface area contributed by atoms with Gasteiger partial charge in [-0.3, -0.25) is 9.36 Å². The Balaban J connectivity index is 1.78. The van der Waals surface area contributed by atoms with E-state index in [1.807, 2.05) is 34.9 Å². The first-order chi connectivity index (χ1) is 13.1. The summed E-state index contributed by atoms with van der Waals surface area (Å²) >= 11 is 5.98. The molecule has 0 saturated heterocycles. The first kappa shape index (κ1) is 17.4. The molecule has 0 spiro atoms. The van der Waals surface area contributed by atoms with Crippen LogP contribution in [0, 0.1) is 0 Å². The van der Waals surface area contributed by atoms with E-state index in [-0.39, 0.29) is 11.8 Å². The number of hydrogen-bond acceptors (Lipinski definition) is 4. The monoisotopic (exact) mass is 383 g/mol. The van der Waals surface area contributed by atoms with Crippen molar-refractivity contribution < 1.29 is 14.3 Å². The van der Waals surface area contributed by atoms with Gasteiger partial charge in [-0.05, 0) is 42.0 Å². The molecule has 3 aromatic rings. The van der Waals surface area contributed by atoms with E-state index < -0.39 is 0 Å². The highest BCUT2D eigenvalue weighted by Gasteiger charge is 2.31. The summed E-state index contributed by atoms with van der Waals surface area (Å²) in [7, 11) is 3.19. The fourth-order valence-electron chi connectivity index (χ4n) is 3.35. The molecule has 1 aromatic heterocycles. The Bertz CT molecular complexity index is 998. The molecule has 0 unspecified atom stereocenters. The predicted molar refractivity (Wildman–Crippen MR) is 103 cm³/mol. The molecule has 2 heterocycles. The normalized spacial score (nSPS) is 15.8. The standard InChI is InChI=1S/C20H18ClN3O3/c1-26-16-8-3-12(9-17(16)27-2)15-10-18(25)23-20-19(15)22-11-24(20)14-6-4-13(21)5-7-14/h3-9,11,15H,10H2,1-2H3,(H,23,25)/t15-/m1/s1. The molecule has 0 saturated carbocycles. The van der Waals surface area contributed by atoms with Crippen LogP contribution in [0.2, 0.25) is 5.02 Å². The summed E-state index contributed by atoms with van der Waals surface area (Å²) in [6, 6.07) is 13.1. The number of imidazole rings is 1. The van der Waals surface area contributed by atoms with Gasteiger partial charge in [-0.25, -0.2) is 4.98 Å². The Hall–Kier alpha value is -2.99. The number of nitrogens with zero attached hydrogens (tertiary/aromatic N) is 2. The van der Waals surface area contributed by atoms with Crippen molar-refractivity contribution in [2.75, 3.05) is 19.5 Å². The fraction of sp³-hybridized carbons (Fsp3) is 0.200. The smallest absolute Gasteiger partial charge is 0.226 e. The highest BCUT2D eigenvalue weighted by atomic mass is 35.5. The Morgan fingerprint density at radius 1 is 1.11 bits per heavy atom. The van der Waals surface area contributed by atoms with Gasteiger partial charge in [0.1, 0.15) is 12.1 Å². The van der Waals surface area contributed by atoms with Crippen LogP contribution < -0.4 is 14.8 Å². The maximum Gasteiger partial charge on any atom is 0.226 e. The average molecular weight is 384 g/mol. The zero-order valence-electron chi connectivity index (χ0n) is 14.9. The van der Waals surface area contributed by atoms with E-state index in [0.29, 0.717) is 28.8 Å². The second kappa shape index (κ2) is 6.96. The van der Waals surface area contributed by atoms with Crippen LogP contribution in [0.25, 0.3) is 5.69 Å². The van der Waals surface area contributed by atoms with Gasteiger partial charge in [0.25, 0.3) is 0 Å². The number of benzene rings is 2. The van der Waals surface area contributed by atoms with Gasteiger partial charge in [-0.2, -0.15) is 0 Å². The van der Waals surface area contributed by atoms with Crippen molar-refractivity contribution in [2.45, 2.75) is 12.3 Å². The summed E-state index contributed by atoms with van der Waals surface area (Å²) in [6.07, 6.45) is 2.04. The maximum absolute atomic E-state index is 12.4. The van der Waals surface area contributed by atoms with Gasteiger partial charge in [0.05, 0.1) is 19.9 Å². The van der Waals surface area contributed by atoms with E-state index in [2.05, 4.69) is 10.3 Å². The number of rotatable bonds is 4. The third-order valence-electron chi connectivity index (χ3n) is 4.69. The number of carbonyl (C=O) groups excluding carboxylic acids is 1. The van der Waals surface area contributed by atoms with Crippen molar-refractivity contribution in [3.05, 3.63) is 65.1 Å². The molecule has 7 heteroatoms. The largest absolute Gasteiger partial charge is 0.493 e. The Labute approximate surface area is 161 Å². The molecule has 0 fully saturated rings. The van der Waals surface area contributed by atoms with Crippen molar-refractivity contribution in [1.82, 2.24) is 9.55 Å². The van der Waals surface area contributed by atoms with Crippen molar-refractivity contribution in [3.63, 3.8) is 0 Å². The summed E-state index contributed by atoms with van der Waals surface area (Å²) in [4.78, 5) is 17.0. The van der Waals surface area contributed by atoms with Crippen LogP contribution in [0.5, 0.6) is 11.5 Å². The maximum atomic E-state index is 12.4. The number of anilines is 1. The number of carbonyl (C=O) groups is 1. The van der Waals surface area contributed by atoms with E-state index in [9.17, 15) is 4.79 Å². The Kier molecular flexibility index (Phi) is 4.49. The van der Waals surface area contributed by atoms with Gasteiger partial charge in [0.2, 0.25) is 5.91 Å². The molecule has 27 heavy (non-hydrogen) atoms. The third kappa shape index (κ3) is 3.13. The molecule has 1 amide bonds. The number of halogens is 1. The first-order valence-electron chi connectivity index (χ1n) is 8.45. The number of aromatic nitrogens is 2. The predicted octanol–water partition coefficient (Wildman–Crippen LogP) is 4.02. The van der Waals surface area contributed by atoms with E-state index in [1.54, 1.807) is 32.7 Å². The van der Waals surface area contributed by atoms with E-state index >= 15 is 0 Å². The number of nitrogens with one attached hydrogen (secondary N) is 1. The van der Waals surface area contributed by atoms with Gasteiger partial charge >= 0.3 is 0 Å². The van der Waals surface area contributed by atoms with Crippen LogP contribution in [0.1, 0.15) is 23.6 Å². The van der Waals surface area contributed by atoms with E-state index in [4.69, 9.17) is 21.1 Å². The van der Waals surface area contributed by atoms with Crippen LogP contribution in [-0.2, 0) is 4.79 Å². The number of amides is 1. The van der Waals surface area contributed by atoms with Crippen LogP contribution in [0.3, 0.4) is 0 Å². The zero-order valence-corrected chi connectivity index (χ0v) is 15.7. The minimum absolute atomic E-state index is 0.0574. The summed E-state index contributed by atoms with van der Waals surface area (Å²) in [5, 5.41) is 3.60. The lowest BCUT2D eigenvalue weighted by molar-refractivity contribution is -0.116. The van der Waals surface area contributed by atoms with Crippen molar-refractivity contribution in [2.24, 2.45) is 0 Å². The fourth-order valence-corrected chi connectivity index (χ4v) is 3.48. The molecule has 1 atom stereocenters. The van der Waals surface area contributed by atoms with Gasteiger partial charge in [-0.15, -0.1) is 0 Å². The lowest BCUT2D eigenvalue weighted by Crippen LogP contribution is -2.24. The van der Waals surface area contributed by atoms with E-state index in [1.165, 1.54) is 0 Å². The number of methoxy groups -OCH3 is 2. The molecule has 1 aliphatic heterocycles. The van der Waals surface area contributed by atoms with Crippen LogP contribution >= 0.6 is 11.6 Å². The lowest BCUT2D eigenvalue weighted by atomic mass is 9.89. The van der Waals surface area contributed by atoms with Crippen molar-refractivity contribution in [1.29, 1.82) is 0 Å². The van der Waals surface area contributed by atoms with Crippen LogP contribution in [0.15, 0.2) is 48.8 Å². The molecule has 1 aliphatic rings. The number of hydrogen-bond donors (Lipinski definition) is 1. The Morgan fingerprint density at radius 2 is 1.85 bits per heavy atom. The van der Waals surface area contributed by atoms with Crippen LogP contribution in [0.4, 0.5) is 5.82 Å². The zero-order chi connectivity index (χ0) is 19.0. The average Bonchev–Trinajstić information content (AvgIpc) is 3.11. The van der Waals surface area contributed by atoms with Gasteiger partial charge in [-0.1, -0.05) is 17.7 Å². The minimum Gasteiger partial charge on any atom is -0.493 e. The third-order valence-corrected chi connectivity index (χ3v) is 4.94. The summed E-state index contributed by atoms with van der Waals surface area (Å²) in [6.45, 7) is 0. The molecule has 0 aliphatic carbocycles. The summed E-state index contributed by atoms with van der Waals surface area (Å²) in [5.74, 6) is 1.72. The quantitative estimate of drug-likeness (QED) is 0.739. The molecule has 2 aromatic carbocycles. The van der Waals surface area contributed by atoms with Crippen LogP contribution in [-0.4, -0.2) is 29.7 Å².